The van der Waals surface area contributed by atoms with Crippen molar-refractivity contribution in [2.45, 2.75) is 19.9 Å². The van der Waals surface area contributed by atoms with E-state index >= 15 is 0 Å². The van der Waals surface area contributed by atoms with Gasteiger partial charge in [0.1, 0.15) is 0 Å². The molecule has 1 amide bonds. The van der Waals surface area contributed by atoms with E-state index in [2.05, 4.69) is 10.0 Å². The normalized spacial score (nSPS) is 12.4. The minimum absolute atomic E-state index is 0.0813. The fraction of sp³-hybridized carbons (Fsp3) is 0.267. The Labute approximate surface area is 149 Å². The van der Waals surface area contributed by atoms with Crippen molar-refractivity contribution < 1.29 is 18.1 Å². The Morgan fingerprint density at radius 3 is 2.56 bits per heavy atom. The molecule has 1 aromatic heterocycles. The standard InChI is InChI=1S/C15H17N3O5S2/c1-9(11-5-4-6-12(7-11)17-25(3,22)23)16-15(19)14-8-13(18(20)21)10(2)24-14/h4-9,17H,1-3H3,(H,16,19)/t9-/m0/s1. The predicted octanol–water partition coefficient (Wildman–Crippen LogP) is 2.83. The van der Waals surface area contributed by atoms with Gasteiger partial charge in [-0.1, -0.05) is 12.1 Å². The second-order valence-corrected chi connectivity index (χ2v) is 8.51. The number of rotatable bonds is 6. The van der Waals surface area contributed by atoms with Gasteiger partial charge >= 0.3 is 0 Å². The summed E-state index contributed by atoms with van der Waals surface area (Å²) in [5, 5.41) is 13.6. The summed E-state index contributed by atoms with van der Waals surface area (Å²) >= 11 is 1.05. The molecule has 0 saturated carbocycles. The largest absolute Gasteiger partial charge is 0.345 e. The zero-order valence-corrected chi connectivity index (χ0v) is 15.4. The number of aryl methyl sites for hydroxylation is 1. The third-order valence-corrected chi connectivity index (χ3v) is 4.99. The van der Waals surface area contributed by atoms with Crippen LogP contribution in [0.25, 0.3) is 0 Å². The monoisotopic (exact) mass is 383 g/mol. The fourth-order valence-corrected chi connectivity index (χ4v) is 3.65. The maximum absolute atomic E-state index is 12.3. The molecular weight excluding hydrogens is 366 g/mol. The summed E-state index contributed by atoms with van der Waals surface area (Å²) in [6.45, 7) is 3.33. The average molecular weight is 383 g/mol. The molecule has 25 heavy (non-hydrogen) atoms. The summed E-state index contributed by atoms with van der Waals surface area (Å²) in [6, 6.07) is 7.49. The number of sulfonamides is 1. The van der Waals surface area contributed by atoms with Crippen LogP contribution in [-0.2, 0) is 10.0 Å². The molecule has 2 aromatic rings. The van der Waals surface area contributed by atoms with E-state index in [-0.39, 0.29) is 10.6 Å². The van der Waals surface area contributed by atoms with E-state index < -0.39 is 26.9 Å². The molecule has 0 fully saturated rings. The summed E-state index contributed by atoms with van der Waals surface area (Å²) in [5.41, 5.74) is 1.01. The number of thiophene rings is 1. The second-order valence-electron chi connectivity index (χ2n) is 5.50. The van der Waals surface area contributed by atoms with E-state index in [1.54, 1.807) is 38.1 Å². The van der Waals surface area contributed by atoms with Crippen molar-refractivity contribution in [1.29, 1.82) is 0 Å². The number of nitrogens with zero attached hydrogens (tertiary/aromatic N) is 1. The Bertz CT molecular complexity index is 921. The number of anilines is 1. The third-order valence-electron chi connectivity index (χ3n) is 3.35. The molecule has 2 N–H and O–H groups in total. The van der Waals surface area contributed by atoms with Gasteiger partial charge < -0.3 is 5.32 Å². The van der Waals surface area contributed by atoms with Crippen LogP contribution in [0.1, 0.15) is 33.1 Å². The molecule has 2 rings (SSSR count). The Kier molecular flexibility index (Phi) is 5.43. The van der Waals surface area contributed by atoms with Crippen molar-refractivity contribution >= 4 is 38.6 Å². The SMILES string of the molecule is Cc1sc(C(=O)N[C@@H](C)c2cccc(NS(C)(=O)=O)c2)cc1[N+](=O)[O-]. The molecular formula is C15H17N3O5S2. The van der Waals surface area contributed by atoms with Crippen molar-refractivity contribution in [3.8, 4) is 0 Å². The predicted molar refractivity (Wildman–Crippen MR) is 96.5 cm³/mol. The van der Waals surface area contributed by atoms with E-state index in [1.165, 1.54) is 6.07 Å². The van der Waals surface area contributed by atoms with Crippen LogP contribution in [0.3, 0.4) is 0 Å². The molecule has 1 heterocycles. The van der Waals surface area contributed by atoms with Gasteiger partial charge in [-0.3, -0.25) is 19.6 Å². The minimum atomic E-state index is -3.40. The van der Waals surface area contributed by atoms with Crippen LogP contribution in [0.15, 0.2) is 30.3 Å². The van der Waals surface area contributed by atoms with Gasteiger partial charge in [0.25, 0.3) is 11.6 Å². The molecule has 0 bridgehead atoms. The van der Waals surface area contributed by atoms with E-state index in [0.29, 0.717) is 16.1 Å². The van der Waals surface area contributed by atoms with Gasteiger partial charge in [0.05, 0.1) is 27.0 Å². The molecule has 0 unspecified atom stereocenters. The van der Waals surface area contributed by atoms with Crippen molar-refractivity contribution in [2.24, 2.45) is 0 Å². The molecule has 0 saturated heterocycles. The first-order chi connectivity index (χ1) is 11.6. The molecule has 134 valence electrons. The second kappa shape index (κ2) is 7.19. The van der Waals surface area contributed by atoms with Crippen molar-refractivity contribution in [3.63, 3.8) is 0 Å². The summed E-state index contributed by atoms with van der Waals surface area (Å²) in [6.07, 6.45) is 1.05. The molecule has 1 atom stereocenters. The van der Waals surface area contributed by atoms with Crippen molar-refractivity contribution in [2.75, 3.05) is 11.0 Å². The molecule has 0 aliphatic rings. The van der Waals surface area contributed by atoms with Gasteiger partial charge in [0.15, 0.2) is 0 Å². The summed E-state index contributed by atoms with van der Waals surface area (Å²) in [4.78, 5) is 23.4. The summed E-state index contributed by atoms with van der Waals surface area (Å²) < 4.78 is 25.0. The van der Waals surface area contributed by atoms with E-state index in [1.807, 2.05) is 0 Å². The van der Waals surface area contributed by atoms with Crippen LogP contribution in [0, 0.1) is 17.0 Å². The first kappa shape index (κ1) is 18.9. The van der Waals surface area contributed by atoms with Crippen LogP contribution in [-0.4, -0.2) is 25.5 Å². The number of hydrogen-bond acceptors (Lipinski definition) is 6. The molecule has 0 radical (unpaired) electrons. The quantitative estimate of drug-likeness (QED) is 0.587. The van der Waals surface area contributed by atoms with Crippen LogP contribution in [0.5, 0.6) is 0 Å². The van der Waals surface area contributed by atoms with Gasteiger partial charge in [0, 0.05) is 11.8 Å². The molecule has 1 aromatic carbocycles. The third kappa shape index (κ3) is 5.00. The summed E-state index contributed by atoms with van der Waals surface area (Å²) in [7, 11) is -3.40. The highest BCUT2D eigenvalue weighted by Crippen LogP contribution is 2.28. The number of nitro groups is 1. The lowest BCUT2D eigenvalue weighted by Gasteiger charge is -2.15. The highest BCUT2D eigenvalue weighted by Gasteiger charge is 2.21. The van der Waals surface area contributed by atoms with Gasteiger partial charge in [-0.05, 0) is 31.5 Å². The zero-order valence-electron chi connectivity index (χ0n) is 13.8. The molecule has 0 aliphatic carbocycles. The summed E-state index contributed by atoms with van der Waals surface area (Å²) in [5.74, 6) is -0.421. The lowest BCUT2D eigenvalue weighted by molar-refractivity contribution is -0.385. The van der Waals surface area contributed by atoms with Crippen LogP contribution in [0.2, 0.25) is 0 Å². The Morgan fingerprint density at radius 2 is 2.00 bits per heavy atom. The molecule has 8 nitrogen and oxygen atoms in total. The maximum Gasteiger partial charge on any atom is 0.283 e. The van der Waals surface area contributed by atoms with Gasteiger partial charge in [-0.25, -0.2) is 8.42 Å². The number of nitrogens with one attached hydrogen (secondary N) is 2. The zero-order chi connectivity index (χ0) is 18.8. The van der Waals surface area contributed by atoms with Crippen LogP contribution in [0.4, 0.5) is 11.4 Å². The molecule has 0 aliphatic heterocycles. The number of carbonyl (C=O) groups is 1. The first-order valence-electron chi connectivity index (χ1n) is 7.20. The van der Waals surface area contributed by atoms with Crippen molar-refractivity contribution in [1.82, 2.24) is 5.32 Å². The smallest absolute Gasteiger partial charge is 0.283 e. The van der Waals surface area contributed by atoms with Gasteiger partial charge in [-0.2, -0.15) is 0 Å². The highest BCUT2D eigenvalue weighted by atomic mass is 32.2. The number of amides is 1. The average Bonchev–Trinajstić information content (AvgIpc) is 2.88. The molecule has 0 spiro atoms. The minimum Gasteiger partial charge on any atom is -0.345 e. The van der Waals surface area contributed by atoms with Crippen LogP contribution >= 0.6 is 11.3 Å². The number of benzene rings is 1. The lowest BCUT2D eigenvalue weighted by Crippen LogP contribution is -2.26. The highest BCUT2D eigenvalue weighted by molar-refractivity contribution is 7.92. The van der Waals surface area contributed by atoms with Gasteiger partial charge in [-0.15, -0.1) is 11.3 Å². The number of hydrogen-bond donors (Lipinski definition) is 2. The Hall–Kier alpha value is -2.46. The fourth-order valence-electron chi connectivity index (χ4n) is 2.20. The lowest BCUT2D eigenvalue weighted by atomic mass is 10.1. The first-order valence-corrected chi connectivity index (χ1v) is 9.91. The van der Waals surface area contributed by atoms with E-state index in [9.17, 15) is 23.3 Å². The number of carbonyl (C=O) groups excluding carboxylic acids is 1. The topological polar surface area (TPSA) is 118 Å². The Balaban J connectivity index is 2.15. The maximum atomic E-state index is 12.3. The van der Waals surface area contributed by atoms with E-state index in [4.69, 9.17) is 0 Å². The molecule has 10 heteroatoms. The van der Waals surface area contributed by atoms with Crippen LogP contribution < -0.4 is 10.0 Å². The van der Waals surface area contributed by atoms with Crippen molar-refractivity contribution in [3.05, 3.63) is 55.8 Å². The Morgan fingerprint density at radius 1 is 1.32 bits per heavy atom. The van der Waals surface area contributed by atoms with E-state index in [0.717, 1.165) is 17.6 Å². The van der Waals surface area contributed by atoms with Gasteiger partial charge in [0.2, 0.25) is 10.0 Å².